The second-order valence-corrected chi connectivity index (χ2v) is 6.94. The van der Waals surface area contributed by atoms with Crippen molar-refractivity contribution in [1.29, 1.82) is 0 Å². The highest BCUT2D eigenvalue weighted by Gasteiger charge is 2.22. The Hall–Kier alpha value is -2.14. The molecule has 1 saturated heterocycles. The molecule has 0 aliphatic carbocycles. The van der Waals surface area contributed by atoms with Crippen molar-refractivity contribution in [1.82, 2.24) is 0 Å². The molecule has 0 bridgehead atoms. The number of benzene rings is 2. The molecule has 27 heavy (non-hydrogen) atoms. The summed E-state index contributed by atoms with van der Waals surface area (Å²) in [7, 11) is 1.29. The van der Waals surface area contributed by atoms with Crippen LogP contribution in [0.1, 0.15) is 49.7 Å². The fourth-order valence-electron chi connectivity index (χ4n) is 3.45. The second-order valence-electron chi connectivity index (χ2n) is 6.94. The van der Waals surface area contributed by atoms with Gasteiger partial charge in [0, 0.05) is 5.92 Å². The predicted octanol–water partition coefficient (Wildman–Crippen LogP) is 5.62. The lowest BCUT2D eigenvalue weighted by molar-refractivity contribution is -0.00111. The maximum atomic E-state index is 14.0. The molecule has 0 spiro atoms. The minimum absolute atomic E-state index is 0.125. The topological polar surface area (TPSA) is 27.7 Å². The standard InChI is InChI=1S/C22H26F2O3/c1-3-4-18-10-9-17(14-26-18)16-7-5-15(6-8-16)13-27-20-12-11-19(25-2)21(23)22(20)24/h5-8,11-12,17-18H,3-4,9-10,13-14H2,1-2H3. The Kier molecular flexibility index (Phi) is 6.67. The molecule has 1 aliphatic rings. The Morgan fingerprint density at radius 1 is 1.00 bits per heavy atom. The first-order valence-corrected chi connectivity index (χ1v) is 9.47. The van der Waals surface area contributed by atoms with E-state index in [4.69, 9.17) is 14.2 Å². The highest BCUT2D eigenvalue weighted by Crippen LogP contribution is 2.30. The van der Waals surface area contributed by atoms with Gasteiger partial charge in [-0.05, 0) is 42.5 Å². The van der Waals surface area contributed by atoms with E-state index in [2.05, 4.69) is 19.1 Å². The van der Waals surface area contributed by atoms with Crippen LogP contribution in [-0.4, -0.2) is 19.8 Å². The molecule has 5 heteroatoms. The van der Waals surface area contributed by atoms with Crippen LogP contribution in [-0.2, 0) is 11.3 Å². The normalized spacial score (nSPS) is 19.7. The van der Waals surface area contributed by atoms with E-state index in [0.717, 1.165) is 37.9 Å². The molecule has 1 aliphatic heterocycles. The number of halogens is 2. The molecule has 3 rings (SSSR count). The lowest BCUT2D eigenvalue weighted by Gasteiger charge is -2.29. The van der Waals surface area contributed by atoms with E-state index in [0.29, 0.717) is 12.0 Å². The first-order valence-electron chi connectivity index (χ1n) is 9.47. The van der Waals surface area contributed by atoms with Crippen LogP contribution in [0.15, 0.2) is 36.4 Å². The van der Waals surface area contributed by atoms with Gasteiger partial charge in [-0.15, -0.1) is 0 Å². The third-order valence-electron chi connectivity index (χ3n) is 5.06. The molecular formula is C22H26F2O3. The van der Waals surface area contributed by atoms with Crippen LogP contribution in [0, 0.1) is 11.6 Å². The van der Waals surface area contributed by atoms with Crippen LogP contribution in [0.5, 0.6) is 11.5 Å². The summed E-state index contributed by atoms with van der Waals surface area (Å²) in [4.78, 5) is 0. The van der Waals surface area contributed by atoms with Gasteiger partial charge in [0.05, 0.1) is 19.8 Å². The van der Waals surface area contributed by atoms with Gasteiger partial charge in [-0.1, -0.05) is 37.6 Å². The van der Waals surface area contributed by atoms with Gasteiger partial charge in [0.25, 0.3) is 0 Å². The summed E-state index contributed by atoms with van der Waals surface area (Å²) in [6, 6.07) is 10.8. The van der Waals surface area contributed by atoms with Crippen LogP contribution < -0.4 is 9.47 Å². The van der Waals surface area contributed by atoms with Gasteiger partial charge in [0.2, 0.25) is 11.6 Å². The zero-order valence-corrected chi connectivity index (χ0v) is 15.8. The average Bonchev–Trinajstić information content (AvgIpc) is 2.70. The Balaban J connectivity index is 1.56. The second kappa shape index (κ2) is 9.18. The van der Waals surface area contributed by atoms with E-state index in [1.54, 1.807) is 0 Å². The first-order chi connectivity index (χ1) is 13.1. The Morgan fingerprint density at radius 2 is 1.70 bits per heavy atom. The minimum atomic E-state index is -1.04. The highest BCUT2D eigenvalue weighted by molar-refractivity contribution is 5.35. The Bertz CT molecular complexity index is 738. The quantitative estimate of drug-likeness (QED) is 0.628. The van der Waals surface area contributed by atoms with Crippen molar-refractivity contribution in [3.05, 3.63) is 59.2 Å². The van der Waals surface area contributed by atoms with Gasteiger partial charge in [-0.2, -0.15) is 8.78 Å². The van der Waals surface area contributed by atoms with Crippen LogP contribution in [0.2, 0.25) is 0 Å². The monoisotopic (exact) mass is 376 g/mol. The summed E-state index contributed by atoms with van der Waals surface area (Å²) in [5.41, 5.74) is 2.14. The van der Waals surface area contributed by atoms with E-state index in [9.17, 15) is 8.78 Å². The molecule has 0 radical (unpaired) electrons. The van der Waals surface area contributed by atoms with Gasteiger partial charge in [0.1, 0.15) is 6.61 Å². The zero-order valence-electron chi connectivity index (χ0n) is 15.8. The molecule has 2 aromatic carbocycles. The summed E-state index contributed by atoms with van der Waals surface area (Å²) in [6.45, 7) is 3.11. The lowest BCUT2D eigenvalue weighted by atomic mass is 9.90. The zero-order chi connectivity index (χ0) is 19.2. The Labute approximate surface area is 159 Å². The number of hydrogen-bond acceptors (Lipinski definition) is 3. The van der Waals surface area contributed by atoms with Crippen LogP contribution in [0.25, 0.3) is 0 Å². The number of rotatable bonds is 7. The van der Waals surface area contributed by atoms with Crippen molar-refractivity contribution in [2.75, 3.05) is 13.7 Å². The molecule has 2 atom stereocenters. The highest BCUT2D eigenvalue weighted by atomic mass is 19.2. The Morgan fingerprint density at radius 3 is 2.33 bits per heavy atom. The van der Waals surface area contributed by atoms with Crippen LogP contribution in [0.4, 0.5) is 8.78 Å². The number of methoxy groups -OCH3 is 1. The van der Waals surface area contributed by atoms with Gasteiger partial charge >= 0.3 is 0 Å². The van der Waals surface area contributed by atoms with E-state index in [1.165, 1.54) is 24.8 Å². The van der Waals surface area contributed by atoms with E-state index in [1.807, 2.05) is 12.1 Å². The van der Waals surface area contributed by atoms with Crippen molar-refractivity contribution in [2.24, 2.45) is 0 Å². The molecular weight excluding hydrogens is 350 g/mol. The molecule has 0 aromatic heterocycles. The van der Waals surface area contributed by atoms with Crippen molar-refractivity contribution in [2.45, 2.75) is 51.2 Å². The van der Waals surface area contributed by atoms with Crippen molar-refractivity contribution < 1.29 is 23.0 Å². The number of ether oxygens (including phenoxy) is 3. The molecule has 1 fully saturated rings. The smallest absolute Gasteiger partial charge is 0.204 e. The average molecular weight is 376 g/mol. The number of hydrogen-bond donors (Lipinski definition) is 0. The molecule has 0 saturated carbocycles. The van der Waals surface area contributed by atoms with Crippen molar-refractivity contribution >= 4 is 0 Å². The van der Waals surface area contributed by atoms with Crippen molar-refractivity contribution in [3.63, 3.8) is 0 Å². The van der Waals surface area contributed by atoms with E-state index < -0.39 is 11.6 Å². The van der Waals surface area contributed by atoms with Crippen molar-refractivity contribution in [3.8, 4) is 11.5 Å². The summed E-state index contributed by atoms with van der Waals surface area (Å²) in [5.74, 6) is -1.92. The molecule has 0 N–H and O–H groups in total. The molecule has 3 nitrogen and oxygen atoms in total. The molecule has 0 amide bonds. The van der Waals surface area contributed by atoms with Crippen LogP contribution in [0.3, 0.4) is 0 Å². The summed E-state index contributed by atoms with van der Waals surface area (Å²) >= 11 is 0. The van der Waals surface area contributed by atoms with Gasteiger partial charge < -0.3 is 14.2 Å². The summed E-state index contributed by atoms with van der Waals surface area (Å²) in [5, 5.41) is 0. The molecule has 1 heterocycles. The predicted molar refractivity (Wildman–Crippen MR) is 100 cm³/mol. The molecule has 2 aromatic rings. The maximum Gasteiger partial charge on any atom is 0.204 e. The fraction of sp³-hybridized carbons (Fsp3) is 0.455. The fourth-order valence-corrected chi connectivity index (χ4v) is 3.45. The van der Waals surface area contributed by atoms with Crippen LogP contribution >= 0.6 is 0 Å². The van der Waals surface area contributed by atoms with Gasteiger partial charge in [0.15, 0.2) is 11.5 Å². The third-order valence-corrected chi connectivity index (χ3v) is 5.06. The first kappa shape index (κ1) is 19.6. The third kappa shape index (κ3) is 4.78. The van der Waals surface area contributed by atoms with Gasteiger partial charge in [-0.25, -0.2) is 0 Å². The minimum Gasteiger partial charge on any atom is -0.494 e. The summed E-state index contributed by atoms with van der Waals surface area (Å²) in [6.07, 6.45) is 4.93. The summed E-state index contributed by atoms with van der Waals surface area (Å²) < 4.78 is 43.8. The van der Waals surface area contributed by atoms with E-state index >= 15 is 0 Å². The maximum absolute atomic E-state index is 14.0. The molecule has 2 unspecified atom stereocenters. The van der Waals surface area contributed by atoms with E-state index in [-0.39, 0.29) is 18.1 Å². The van der Waals surface area contributed by atoms with Gasteiger partial charge in [-0.3, -0.25) is 0 Å². The SMILES string of the molecule is CCCC1CCC(c2ccc(COc3ccc(OC)c(F)c3F)cc2)CO1. The molecule has 146 valence electrons. The largest absolute Gasteiger partial charge is 0.494 e. The lowest BCUT2D eigenvalue weighted by Crippen LogP contribution is -2.24.